The number of nitrogens with one attached hydrogen (secondary N) is 1. The van der Waals surface area contributed by atoms with E-state index in [-0.39, 0.29) is 22.7 Å². The van der Waals surface area contributed by atoms with Crippen LogP contribution in [0.2, 0.25) is 0 Å². The molecule has 1 N–H and O–H groups in total. The summed E-state index contributed by atoms with van der Waals surface area (Å²) in [5, 5.41) is 7.03. The molecule has 0 spiro atoms. The van der Waals surface area contributed by atoms with Gasteiger partial charge in [-0.3, -0.25) is 9.59 Å². The van der Waals surface area contributed by atoms with E-state index in [0.29, 0.717) is 6.54 Å². The highest BCUT2D eigenvalue weighted by molar-refractivity contribution is 5.92. The molecule has 1 heterocycles. The minimum Gasteiger partial charge on any atom is -0.346 e. The molecule has 0 fully saturated rings. The van der Waals surface area contributed by atoms with Crippen LogP contribution in [0.4, 0.5) is 0 Å². The normalized spacial score (nSPS) is 11.4. The van der Waals surface area contributed by atoms with Gasteiger partial charge in [0.2, 0.25) is 0 Å². The summed E-state index contributed by atoms with van der Waals surface area (Å²) < 4.78 is 1.36. The predicted octanol–water partition coefficient (Wildman–Crippen LogP) is 1.96. The molecule has 0 bridgehead atoms. The minimum absolute atomic E-state index is 0.167. The maximum atomic E-state index is 12.1. The van der Waals surface area contributed by atoms with E-state index in [2.05, 4.69) is 10.4 Å². The summed E-state index contributed by atoms with van der Waals surface area (Å²) in [5.74, 6) is -0.239. The summed E-state index contributed by atoms with van der Waals surface area (Å²) in [7, 11) is 0. The SMILES string of the molecule is CCCCn1nc(C(=O)NC(C)(C)CC)ccc1=O. The average molecular weight is 265 g/mol. The minimum atomic E-state index is -0.275. The van der Waals surface area contributed by atoms with Gasteiger partial charge in [-0.1, -0.05) is 20.3 Å². The van der Waals surface area contributed by atoms with E-state index in [4.69, 9.17) is 0 Å². The second kappa shape index (κ2) is 6.50. The lowest BCUT2D eigenvalue weighted by Crippen LogP contribution is -2.43. The lowest BCUT2D eigenvalue weighted by molar-refractivity contribution is 0.0903. The zero-order valence-corrected chi connectivity index (χ0v) is 12.2. The van der Waals surface area contributed by atoms with Crippen molar-refractivity contribution >= 4 is 5.91 Å². The van der Waals surface area contributed by atoms with Gasteiger partial charge in [0.05, 0.1) is 0 Å². The quantitative estimate of drug-likeness (QED) is 0.855. The Hall–Kier alpha value is -1.65. The first kappa shape index (κ1) is 15.4. The molecule has 19 heavy (non-hydrogen) atoms. The van der Waals surface area contributed by atoms with Gasteiger partial charge in [0.15, 0.2) is 0 Å². The molecule has 1 amide bonds. The first-order valence-corrected chi connectivity index (χ1v) is 6.80. The molecule has 0 aliphatic rings. The monoisotopic (exact) mass is 265 g/mol. The Balaban J connectivity index is 2.89. The number of carbonyl (C=O) groups is 1. The van der Waals surface area contributed by atoms with Crippen molar-refractivity contribution in [1.29, 1.82) is 0 Å². The Labute approximate surface area is 114 Å². The van der Waals surface area contributed by atoms with Gasteiger partial charge in [-0.15, -0.1) is 0 Å². The van der Waals surface area contributed by atoms with Crippen molar-refractivity contribution in [3.63, 3.8) is 0 Å². The van der Waals surface area contributed by atoms with Crippen LogP contribution in [0.3, 0.4) is 0 Å². The molecule has 5 nitrogen and oxygen atoms in total. The molecular formula is C14H23N3O2. The van der Waals surface area contributed by atoms with Crippen molar-refractivity contribution in [2.24, 2.45) is 0 Å². The number of rotatable bonds is 6. The number of hydrogen-bond donors (Lipinski definition) is 1. The zero-order chi connectivity index (χ0) is 14.5. The number of aromatic nitrogens is 2. The van der Waals surface area contributed by atoms with Crippen LogP contribution in [0.15, 0.2) is 16.9 Å². The van der Waals surface area contributed by atoms with Crippen molar-refractivity contribution in [3.8, 4) is 0 Å². The molecule has 0 atom stereocenters. The number of aryl methyl sites for hydroxylation is 1. The third-order valence-corrected chi connectivity index (χ3v) is 3.16. The van der Waals surface area contributed by atoms with Crippen molar-refractivity contribution in [3.05, 3.63) is 28.2 Å². The summed E-state index contributed by atoms with van der Waals surface area (Å²) in [4.78, 5) is 23.7. The molecule has 1 rings (SSSR count). The van der Waals surface area contributed by atoms with Gasteiger partial charge >= 0.3 is 0 Å². The fraction of sp³-hybridized carbons (Fsp3) is 0.643. The Morgan fingerprint density at radius 3 is 2.63 bits per heavy atom. The summed E-state index contributed by atoms with van der Waals surface area (Å²) >= 11 is 0. The van der Waals surface area contributed by atoms with Crippen LogP contribution in [0, 0.1) is 0 Å². The largest absolute Gasteiger partial charge is 0.346 e. The van der Waals surface area contributed by atoms with Crippen LogP contribution in [0.1, 0.15) is 57.4 Å². The summed E-state index contributed by atoms with van der Waals surface area (Å²) in [6, 6.07) is 2.88. The van der Waals surface area contributed by atoms with E-state index in [1.54, 1.807) is 0 Å². The number of hydrogen-bond acceptors (Lipinski definition) is 3. The van der Waals surface area contributed by atoms with Gasteiger partial charge < -0.3 is 5.32 Å². The van der Waals surface area contributed by atoms with Crippen molar-refractivity contribution in [2.75, 3.05) is 0 Å². The maximum Gasteiger partial charge on any atom is 0.272 e. The highest BCUT2D eigenvalue weighted by atomic mass is 16.2. The Morgan fingerprint density at radius 1 is 1.37 bits per heavy atom. The summed E-state index contributed by atoms with van der Waals surface area (Å²) in [6.45, 7) is 8.52. The van der Waals surface area contributed by atoms with Crippen LogP contribution in [-0.2, 0) is 6.54 Å². The van der Waals surface area contributed by atoms with Crippen molar-refractivity contribution in [2.45, 2.75) is 59.0 Å². The molecule has 1 aromatic rings. The van der Waals surface area contributed by atoms with Crippen LogP contribution >= 0.6 is 0 Å². The first-order valence-electron chi connectivity index (χ1n) is 6.80. The highest BCUT2D eigenvalue weighted by Gasteiger charge is 2.20. The molecular weight excluding hydrogens is 242 g/mol. The second-order valence-electron chi connectivity index (χ2n) is 5.33. The predicted molar refractivity (Wildman–Crippen MR) is 75.2 cm³/mol. The van der Waals surface area contributed by atoms with E-state index in [0.717, 1.165) is 19.3 Å². The van der Waals surface area contributed by atoms with Gasteiger partial charge in [0.25, 0.3) is 11.5 Å². The van der Waals surface area contributed by atoms with E-state index >= 15 is 0 Å². The summed E-state index contributed by atoms with van der Waals surface area (Å²) in [6.07, 6.45) is 2.68. The topological polar surface area (TPSA) is 64.0 Å². The Bertz CT molecular complexity index is 492. The van der Waals surface area contributed by atoms with E-state index in [1.807, 2.05) is 27.7 Å². The molecule has 1 aromatic heterocycles. The fourth-order valence-corrected chi connectivity index (χ4v) is 1.50. The first-order chi connectivity index (χ1) is 8.89. The average Bonchev–Trinajstić information content (AvgIpc) is 2.37. The van der Waals surface area contributed by atoms with Crippen molar-refractivity contribution in [1.82, 2.24) is 15.1 Å². The Morgan fingerprint density at radius 2 is 2.05 bits per heavy atom. The molecule has 0 saturated carbocycles. The van der Waals surface area contributed by atoms with Crippen LogP contribution in [-0.4, -0.2) is 21.2 Å². The smallest absolute Gasteiger partial charge is 0.272 e. The third kappa shape index (κ3) is 4.50. The van der Waals surface area contributed by atoms with Gasteiger partial charge in [0.1, 0.15) is 5.69 Å². The van der Waals surface area contributed by atoms with Crippen LogP contribution < -0.4 is 10.9 Å². The highest BCUT2D eigenvalue weighted by Crippen LogP contribution is 2.08. The van der Waals surface area contributed by atoms with Crippen LogP contribution in [0.5, 0.6) is 0 Å². The number of nitrogens with zero attached hydrogens (tertiary/aromatic N) is 2. The lowest BCUT2D eigenvalue weighted by Gasteiger charge is -2.24. The summed E-state index contributed by atoms with van der Waals surface area (Å²) in [5.41, 5.74) is -0.152. The Kier molecular flexibility index (Phi) is 5.27. The molecule has 0 aromatic carbocycles. The van der Waals surface area contributed by atoms with Gasteiger partial charge in [-0.05, 0) is 32.8 Å². The second-order valence-corrected chi connectivity index (χ2v) is 5.33. The van der Waals surface area contributed by atoms with Crippen molar-refractivity contribution < 1.29 is 4.79 Å². The van der Waals surface area contributed by atoms with E-state index in [1.165, 1.54) is 16.8 Å². The van der Waals surface area contributed by atoms with Gasteiger partial charge in [-0.2, -0.15) is 5.10 Å². The number of unbranched alkanes of at least 4 members (excludes halogenated alkanes) is 1. The fourth-order valence-electron chi connectivity index (χ4n) is 1.50. The van der Waals surface area contributed by atoms with E-state index < -0.39 is 0 Å². The van der Waals surface area contributed by atoms with Gasteiger partial charge in [-0.25, -0.2) is 4.68 Å². The molecule has 0 aliphatic carbocycles. The van der Waals surface area contributed by atoms with Crippen LogP contribution in [0.25, 0.3) is 0 Å². The molecule has 0 unspecified atom stereocenters. The van der Waals surface area contributed by atoms with E-state index in [9.17, 15) is 9.59 Å². The van der Waals surface area contributed by atoms with Gasteiger partial charge in [0, 0.05) is 18.2 Å². The number of carbonyl (C=O) groups excluding carboxylic acids is 1. The standard InChI is InChI=1S/C14H23N3O2/c1-5-7-10-17-12(18)9-8-11(16-17)13(19)15-14(3,4)6-2/h8-9H,5-7,10H2,1-4H3,(H,15,19). The molecule has 106 valence electrons. The molecule has 0 aliphatic heterocycles. The number of amides is 1. The lowest BCUT2D eigenvalue weighted by atomic mass is 10.0. The molecule has 0 saturated heterocycles. The molecule has 5 heteroatoms. The third-order valence-electron chi connectivity index (χ3n) is 3.16. The molecule has 0 radical (unpaired) electrons. The maximum absolute atomic E-state index is 12.1. The zero-order valence-electron chi connectivity index (χ0n) is 12.2.